The lowest BCUT2D eigenvalue weighted by atomic mass is 10.3. The minimum atomic E-state index is -0.556. The lowest BCUT2D eigenvalue weighted by Gasteiger charge is -2.08. The number of anilines is 2. The summed E-state index contributed by atoms with van der Waals surface area (Å²) in [6, 6.07) is 1.05. The lowest BCUT2D eigenvalue weighted by Crippen LogP contribution is -2.32. The van der Waals surface area contributed by atoms with Crippen molar-refractivity contribution in [3.63, 3.8) is 0 Å². The van der Waals surface area contributed by atoms with Crippen molar-refractivity contribution in [1.82, 2.24) is 4.98 Å². The SMILES string of the molecule is CC(N)C(=O)Nc1cnccc1N. The Morgan fingerprint density at radius 1 is 1.69 bits per heavy atom. The van der Waals surface area contributed by atoms with E-state index in [4.69, 9.17) is 11.5 Å². The summed E-state index contributed by atoms with van der Waals surface area (Å²) >= 11 is 0. The van der Waals surface area contributed by atoms with E-state index >= 15 is 0 Å². The first-order valence-corrected chi connectivity index (χ1v) is 3.87. The highest BCUT2D eigenvalue weighted by atomic mass is 16.2. The van der Waals surface area contributed by atoms with Gasteiger partial charge in [0.1, 0.15) is 0 Å². The number of nitrogen functional groups attached to an aromatic ring is 1. The normalized spacial score (nSPS) is 12.2. The van der Waals surface area contributed by atoms with Crippen molar-refractivity contribution in [3.05, 3.63) is 18.5 Å². The number of aromatic nitrogens is 1. The summed E-state index contributed by atoms with van der Waals surface area (Å²) in [6.45, 7) is 1.60. The predicted octanol–water partition coefficient (Wildman–Crippen LogP) is -0.0505. The molecule has 1 amide bonds. The lowest BCUT2D eigenvalue weighted by molar-refractivity contribution is -0.117. The maximum absolute atomic E-state index is 11.1. The second kappa shape index (κ2) is 3.86. The van der Waals surface area contributed by atoms with Gasteiger partial charge in [-0.3, -0.25) is 9.78 Å². The van der Waals surface area contributed by atoms with Gasteiger partial charge in [-0.2, -0.15) is 0 Å². The summed E-state index contributed by atoms with van der Waals surface area (Å²) in [5.74, 6) is -0.278. The molecule has 5 heteroatoms. The van der Waals surface area contributed by atoms with Crippen LogP contribution in [0, 0.1) is 0 Å². The molecule has 0 bridgehead atoms. The molecular formula is C8H12N4O. The summed E-state index contributed by atoms with van der Waals surface area (Å²) in [5.41, 5.74) is 11.9. The van der Waals surface area contributed by atoms with Gasteiger partial charge in [0.15, 0.2) is 0 Å². The molecule has 0 fully saturated rings. The highest BCUT2D eigenvalue weighted by molar-refractivity contribution is 5.96. The fourth-order valence-corrected chi connectivity index (χ4v) is 0.756. The van der Waals surface area contributed by atoms with E-state index in [1.54, 1.807) is 19.2 Å². The molecular weight excluding hydrogens is 168 g/mol. The molecule has 0 radical (unpaired) electrons. The van der Waals surface area contributed by atoms with Crippen LogP contribution < -0.4 is 16.8 Å². The molecule has 1 rings (SSSR count). The average molecular weight is 180 g/mol. The van der Waals surface area contributed by atoms with Gasteiger partial charge < -0.3 is 16.8 Å². The molecule has 0 aliphatic heterocycles. The Morgan fingerprint density at radius 2 is 2.38 bits per heavy atom. The van der Waals surface area contributed by atoms with Crippen LogP contribution in [0.5, 0.6) is 0 Å². The fraction of sp³-hybridized carbons (Fsp3) is 0.250. The van der Waals surface area contributed by atoms with Crippen LogP contribution in [0.1, 0.15) is 6.92 Å². The van der Waals surface area contributed by atoms with Gasteiger partial charge >= 0.3 is 0 Å². The molecule has 1 atom stereocenters. The Morgan fingerprint density at radius 3 is 2.92 bits per heavy atom. The van der Waals surface area contributed by atoms with Gasteiger partial charge in [-0.25, -0.2) is 0 Å². The zero-order valence-corrected chi connectivity index (χ0v) is 7.32. The zero-order valence-electron chi connectivity index (χ0n) is 7.32. The first-order valence-electron chi connectivity index (χ1n) is 3.87. The third kappa shape index (κ3) is 2.41. The molecule has 0 aliphatic rings. The monoisotopic (exact) mass is 180 g/mol. The van der Waals surface area contributed by atoms with Crippen molar-refractivity contribution < 1.29 is 4.79 Å². The van der Waals surface area contributed by atoms with E-state index in [0.717, 1.165) is 0 Å². The molecule has 1 heterocycles. The molecule has 0 aromatic carbocycles. The number of nitrogens with one attached hydrogen (secondary N) is 1. The fourth-order valence-electron chi connectivity index (χ4n) is 0.756. The van der Waals surface area contributed by atoms with E-state index in [1.165, 1.54) is 6.20 Å². The third-order valence-electron chi connectivity index (χ3n) is 1.53. The highest BCUT2D eigenvalue weighted by Crippen LogP contribution is 2.14. The van der Waals surface area contributed by atoms with Crippen LogP contribution in [-0.4, -0.2) is 16.9 Å². The van der Waals surface area contributed by atoms with Gasteiger partial charge in [-0.1, -0.05) is 0 Å². The second-order valence-electron chi connectivity index (χ2n) is 2.74. The Balaban J connectivity index is 2.75. The van der Waals surface area contributed by atoms with Crippen LogP contribution in [0.4, 0.5) is 11.4 Å². The van der Waals surface area contributed by atoms with Crippen molar-refractivity contribution in [2.45, 2.75) is 13.0 Å². The van der Waals surface area contributed by atoms with E-state index in [9.17, 15) is 4.79 Å². The smallest absolute Gasteiger partial charge is 0.241 e. The van der Waals surface area contributed by atoms with Crippen LogP contribution in [0.25, 0.3) is 0 Å². The van der Waals surface area contributed by atoms with Crippen LogP contribution >= 0.6 is 0 Å². The number of pyridine rings is 1. The minimum Gasteiger partial charge on any atom is -0.397 e. The van der Waals surface area contributed by atoms with Crippen molar-refractivity contribution in [2.24, 2.45) is 5.73 Å². The molecule has 0 saturated carbocycles. The van der Waals surface area contributed by atoms with E-state index in [1.807, 2.05) is 0 Å². The van der Waals surface area contributed by atoms with Crippen molar-refractivity contribution in [3.8, 4) is 0 Å². The quantitative estimate of drug-likeness (QED) is 0.594. The molecule has 5 nitrogen and oxygen atoms in total. The standard InChI is InChI=1S/C8H12N4O/c1-5(9)8(13)12-7-4-11-3-2-6(7)10/h2-5H,9H2,1H3,(H2,10,11)(H,12,13). The Bertz CT molecular complexity index is 311. The number of carbonyl (C=O) groups excluding carboxylic acids is 1. The maximum atomic E-state index is 11.1. The number of amides is 1. The van der Waals surface area contributed by atoms with Crippen LogP contribution in [0.15, 0.2) is 18.5 Å². The molecule has 0 saturated heterocycles. The van der Waals surface area contributed by atoms with Crippen molar-refractivity contribution in [1.29, 1.82) is 0 Å². The number of rotatable bonds is 2. The summed E-state index contributed by atoms with van der Waals surface area (Å²) in [5, 5.41) is 2.56. The van der Waals surface area contributed by atoms with Gasteiger partial charge in [0.2, 0.25) is 5.91 Å². The van der Waals surface area contributed by atoms with Gasteiger partial charge in [-0.05, 0) is 13.0 Å². The Labute approximate surface area is 76.1 Å². The first kappa shape index (κ1) is 9.47. The second-order valence-corrected chi connectivity index (χ2v) is 2.74. The van der Waals surface area contributed by atoms with Gasteiger partial charge in [0.05, 0.1) is 23.6 Å². The molecule has 1 aromatic rings. The predicted molar refractivity (Wildman–Crippen MR) is 50.9 cm³/mol. The molecule has 0 spiro atoms. The van der Waals surface area contributed by atoms with Gasteiger partial charge in [0.25, 0.3) is 0 Å². The molecule has 70 valence electrons. The Hall–Kier alpha value is -1.62. The number of nitrogens with zero attached hydrogens (tertiary/aromatic N) is 1. The summed E-state index contributed by atoms with van der Waals surface area (Å²) in [7, 11) is 0. The Kier molecular flexibility index (Phi) is 2.81. The molecule has 5 N–H and O–H groups in total. The highest BCUT2D eigenvalue weighted by Gasteiger charge is 2.08. The largest absolute Gasteiger partial charge is 0.397 e. The number of nitrogens with two attached hydrogens (primary N) is 2. The van der Waals surface area contributed by atoms with Crippen molar-refractivity contribution >= 4 is 17.3 Å². The molecule has 1 aromatic heterocycles. The van der Waals surface area contributed by atoms with Gasteiger partial charge in [0, 0.05) is 6.20 Å². The van der Waals surface area contributed by atoms with E-state index in [-0.39, 0.29) is 5.91 Å². The van der Waals surface area contributed by atoms with E-state index in [2.05, 4.69) is 10.3 Å². The summed E-state index contributed by atoms with van der Waals surface area (Å²) in [6.07, 6.45) is 3.03. The molecule has 1 unspecified atom stereocenters. The van der Waals surface area contributed by atoms with Crippen LogP contribution in [0.2, 0.25) is 0 Å². The third-order valence-corrected chi connectivity index (χ3v) is 1.53. The zero-order chi connectivity index (χ0) is 9.84. The molecule has 0 aliphatic carbocycles. The molecule has 13 heavy (non-hydrogen) atoms. The van der Waals surface area contributed by atoms with E-state index < -0.39 is 6.04 Å². The minimum absolute atomic E-state index is 0.278. The van der Waals surface area contributed by atoms with Crippen LogP contribution in [0.3, 0.4) is 0 Å². The maximum Gasteiger partial charge on any atom is 0.241 e. The summed E-state index contributed by atoms with van der Waals surface area (Å²) in [4.78, 5) is 15.0. The number of hydrogen-bond donors (Lipinski definition) is 3. The summed E-state index contributed by atoms with van der Waals surface area (Å²) < 4.78 is 0. The van der Waals surface area contributed by atoms with Gasteiger partial charge in [-0.15, -0.1) is 0 Å². The number of carbonyl (C=O) groups is 1. The average Bonchev–Trinajstić information content (AvgIpc) is 2.08. The van der Waals surface area contributed by atoms with Crippen LogP contribution in [-0.2, 0) is 4.79 Å². The topological polar surface area (TPSA) is 94.0 Å². The van der Waals surface area contributed by atoms with E-state index in [0.29, 0.717) is 11.4 Å². The number of hydrogen-bond acceptors (Lipinski definition) is 4. The van der Waals surface area contributed by atoms with Crippen molar-refractivity contribution in [2.75, 3.05) is 11.1 Å². The first-order chi connectivity index (χ1) is 6.11.